The van der Waals surface area contributed by atoms with Crippen LogP contribution in [0.4, 0.5) is 4.39 Å². The van der Waals surface area contributed by atoms with Gasteiger partial charge in [-0.15, -0.1) is 5.10 Å². The number of hydrogen-bond acceptors (Lipinski definition) is 3. The van der Waals surface area contributed by atoms with E-state index in [-0.39, 0.29) is 5.82 Å². The molecule has 112 valence electrons. The van der Waals surface area contributed by atoms with E-state index in [1.165, 1.54) is 6.07 Å². The minimum absolute atomic E-state index is 0.268. The first-order valence-electron chi connectivity index (χ1n) is 7.29. The number of halogens is 1. The molecule has 0 aliphatic rings. The average molecular weight is 304 g/mol. The van der Waals surface area contributed by atoms with Crippen LogP contribution in [0.2, 0.25) is 0 Å². The van der Waals surface area contributed by atoms with Crippen LogP contribution in [0.1, 0.15) is 5.56 Å². The number of nitrogens with zero attached hydrogens (tertiary/aromatic N) is 4. The zero-order valence-electron chi connectivity index (χ0n) is 12.2. The Balaban J connectivity index is 1.63. The van der Waals surface area contributed by atoms with Gasteiger partial charge in [0, 0.05) is 11.8 Å². The molecule has 0 unspecified atom stereocenters. The largest absolute Gasteiger partial charge is 0.256 e. The molecule has 0 fully saturated rings. The number of fused-ring (bicyclic) bond motifs is 1. The lowest BCUT2D eigenvalue weighted by Gasteiger charge is -2.05. The van der Waals surface area contributed by atoms with E-state index in [9.17, 15) is 4.39 Å². The van der Waals surface area contributed by atoms with Crippen LogP contribution in [0, 0.1) is 5.82 Å². The van der Waals surface area contributed by atoms with E-state index in [1.807, 2.05) is 41.1 Å². The highest BCUT2D eigenvalue weighted by Crippen LogP contribution is 2.20. The van der Waals surface area contributed by atoms with Crippen molar-refractivity contribution >= 4 is 11.0 Å². The molecule has 2 aromatic heterocycles. The van der Waals surface area contributed by atoms with Crippen molar-refractivity contribution in [2.24, 2.45) is 0 Å². The molecule has 0 aliphatic heterocycles. The van der Waals surface area contributed by atoms with Crippen molar-refractivity contribution in [2.75, 3.05) is 0 Å². The summed E-state index contributed by atoms with van der Waals surface area (Å²) in [6.45, 7) is 0.574. The molecule has 0 bridgehead atoms. The maximum atomic E-state index is 13.8. The summed E-state index contributed by atoms with van der Waals surface area (Å²) in [5, 5.41) is 8.30. The number of hydrogen-bond donors (Lipinski definition) is 0. The van der Waals surface area contributed by atoms with Crippen LogP contribution in [0.25, 0.3) is 22.3 Å². The summed E-state index contributed by atoms with van der Waals surface area (Å²) in [4.78, 5) is 4.37. The predicted molar refractivity (Wildman–Crippen MR) is 86.3 cm³/mol. The van der Waals surface area contributed by atoms with Gasteiger partial charge in [-0.05, 0) is 35.9 Å². The van der Waals surface area contributed by atoms with E-state index in [1.54, 1.807) is 24.4 Å². The van der Waals surface area contributed by atoms with E-state index < -0.39 is 0 Å². The Kier molecular flexibility index (Phi) is 3.31. The first-order valence-corrected chi connectivity index (χ1v) is 7.29. The minimum Gasteiger partial charge on any atom is -0.256 e. The van der Waals surface area contributed by atoms with Gasteiger partial charge in [0.15, 0.2) is 0 Å². The Morgan fingerprint density at radius 3 is 2.57 bits per heavy atom. The van der Waals surface area contributed by atoms with Crippen LogP contribution in [0.15, 0.2) is 66.9 Å². The highest BCUT2D eigenvalue weighted by atomic mass is 19.1. The predicted octanol–water partition coefficient (Wildman–Crippen LogP) is 3.68. The SMILES string of the molecule is Fc1ccccc1-c1ccc(Cn2nnc3ccccc32)cn1. The van der Waals surface area contributed by atoms with Gasteiger partial charge in [0.25, 0.3) is 0 Å². The Morgan fingerprint density at radius 2 is 1.74 bits per heavy atom. The molecule has 4 nitrogen and oxygen atoms in total. The molecule has 2 heterocycles. The summed E-state index contributed by atoms with van der Waals surface area (Å²) in [7, 11) is 0. The van der Waals surface area contributed by atoms with Crippen molar-refractivity contribution in [1.82, 2.24) is 20.0 Å². The standard InChI is InChI=1S/C18H13FN4/c19-15-6-2-1-5-14(15)16-10-9-13(11-20-16)12-23-18-8-4-3-7-17(18)21-22-23/h1-11H,12H2. The second-order valence-electron chi connectivity index (χ2n) is 5.27. The first-order chi connectivity index (χ1) is 11.3. The highest BCUT2D eigenvalue weighted by Gasteiger charge is 2.07. The molecule has 0 amide bonds. The van der Waals surface area contributed by atoms with Crippen LogP contribution >= 0.6 is 0 Å². The lowest BCUT2D eigenvalue weighted by atomic mass is 10.1. The Hall–Kier alpha value is -3.08. The normalized spacial score (nSPS) is 11.0. The second kappa shape index (κ2) is 5.61. The summed E-state index contributed by atoms with van der Waals surface area (Å²) >= 11 is 0. The van der Waals surface area contributed by atoms with Gasteiger partial charge in [0.1, 0.15) is 11.3 Å². The van der Waals surface area contributed by atoms with Crippen molar-refractivity contribution < 1.29 is 4.39 Å². The van der Waals surface area contributed by atoms with Crippen molar-refractivity contribution in [1.29, 1.82) is 0 Å². The fraction of sp³-hybridized carbons (Fsp3) is 0.0556. The Morgan fingerprint density at radius 1 is 0.913 bits per heavy atom. The smallest absolute Gasteiger partial charge is 0.132 e. The quantitative estimate of drug-likeness (QED) is 0.580. The molecule has 23 heavy (non-hydrogen) atoms. The molecule has 5 heteroatoms. The molecule has 0 radical (unpaired) electrons. The Bertz CT molecular complexity index is 960. The van der Waals surface area contributed by atoms with Crippen molar-refractivity contribution in [3.05, 3.63) is 78.2 Å². The maximum absolute atomic E-state index is 13.8. The molecule has 0 saturated carbocycles. The summed E-state index contributed by atoms with van der Waals surface area (Å²) in [6.07, 6.45) is 1.75. The van der Waals surface area contributed by atoms with Crippen LogP contribution in [0.5, 0.6) is 0 Å². The van der Waals surface area contributed by atoms with Gasteiger partial charge in [-0.3, -0.25) is 4.98 Å². The number of benzene rings is 2. The summed E-state index contributed by atoms with van der Waals surface area (Å²) in [5.74, 6) is -0.268. The zero-order chi connectivity index (χ0) is 15.6. The molecular weight excluding hydrogens is 291 g/mol. The maximum Gasteiger partial charge on any atom is 0.132 e. The van der Waals surface area contributed by atoms with E-state index >= 15 is 0 Å². The van der Waals surface area contributed by atoms with Gasteiger partial charge in [0.2, 0.25) is 0 Å². The van der Waals surface area contributed by atoms with Gasteiger partial charge >= 0.3 is 0 Å². The number of para-hydroxylation sites is 1. The third kappa shape index (κ3) is 2.57. The molecular formula is C18H13FN4. The lowest BCUT2D eigenvalue weighted by molar-refractivity contribution is 0.630. The summed E-state index contributed by atoms with van der Waals surface area (Å²) in [5.41, 5.74) is 3.95. The molecule has 0 spiro atoms. The lowest BCUT2D eigenvalue weighted by Crippen LogP contribution is -2.02. The van der Waals surface area contributed by atoms with Crippen molar-refractivity contribution in [2.45, 2.75) is 6.54 Å². The monoisotopic (exact) mass is 304 g/mol. The first kappa shape index (κ1) is 13.6. The summed E-state index contributed by atoms with van der Waals surface area (Å²) < 4.78 is 15.6. The molecule has 2 aromatic carbocycles. The van der Waals surface area contributed by atoms with Crippen LogP contribution in [-0.2, 0) is 6.54 Å². The van der Waals surface area contributed by atoms with Crippen molar-refractivity contribution in [3.63, 3.8) is 0 Å². The third-order valence-electron chi connectivity index (χ3n) is 3.73. The second-order valence-corrected chi connectivity index (χ2v) is 5.27. The van der Waals surface area contributed by atoms with Crippen LogP contribution < -0.4 is 0 Å². The topological polar surface area (TPSA) is 43.6 Å². The summed E-state index contributed by atoms with van der Waals surface area (Å²) in [6, 6.07) is 18.2. The molecule has 0 atom stereocenters. The van der Waals surface area contributed by atoms with Gasteiger partial charge in [-0.2, -0.15) is 0 Å². The van der Waals surface area contributed by atoms with Crippen LogP contribution in [-0.4, -0.2) is 20.0 Å². The number of rotatable bonds is 3. The number of pyridine rings is 1. The van der Waals surface area contributed by atoms with E-state index in [4.69, 9.17) is 0 Å². The van der Waals surface area contributed by atoms with Gasteiger partial charge in [-0.1, -0.05) is 35.5 Å². The molecule has 4 aromatic rings. The van der Waals surface area contributed by atoms with E-state index in [0.717, 1.165) is 16.6 Å². The number of aromatic nitrogens is 4. The molecule has 4 rings (SSSR count). The molecule has 0 saturated heterocycles. The minimum atomic E-state index is -0.268. The van der Waals surface area contributed by atoms with E-state index in [2.05, 4.69) is 15.3 Å². The Labute approximate surface area is 132 Å². The fourth-order valence-corrected chi connectivity index (χ4v) is 2.55. The zero-order valence-corrected chi connectivity index (χ0v) is 12.2. The highest BCUT2D eigenvalue weighted by molar-refractivity contribution is 5.73. The third-order valence-corrected chi connectivity index (χ3v) is 3.73. The van der Waals surface area contributed by atoms with E-state index in [0.29, 0.717) is 17.8 Å². The van der Waals surface area contributed by atoms with Gasteiger partial charge in [-0.25, -0.2) is 9.07 Å². The van der Waals surface area contributed by atoms with Crippen LogP contribution in [0.3, 0.4) is 0 Å². The molecule has 0 N–H and O–H groups in total. The average Bonchev–Trinajstić information content (AvgIpc) is 2.99. The fourth-order valence-electron chi connectivity index (χ4n) is 2.55. The van der Waals surface area contributed by atoms with Gasteiger partial charge in [0.05, 0.1) is 17.8 Å². The van der Waals surface area contributed by atoms with Gasteiger partial charge < -0.3 is 0 Å². The molecule has 0 aliphatic carbocycles. The van der Waals surface area contributed by atoms with Crippen molar-refractivity contribution in [3.8, 4) is 11.3 Å².